The summed E-state index contributed by atoms with van der Waals surface area (Å²) in [5.74, 6) is 0. The van der Waals surface area contributed by atoms with E-state index in [4.69, 9.17) is 15.6 Å². The standard InChI is InChI=1S/C12H17NO6S/c13-6-3-1-2-4-8(6)20-12(18)11(17)10(16)9(15)7(5-14)19-12/h1-4,7,9-11,14-18H,5,13H2/t7-,9+,10+,11-,12-/m0/s1. The Morgan fingerprint density at radius 2 is 1.85 bits per heavy atom. The van der Waals surface area contributed by atoms with E-state index in [-0.39, 0.29) is 0 Å². The second-order valence-corrected chi connectivity index (χ2v) is 5.76. The normalized spacial score (nSPS) is 37.9. The topological polar surface area (TPSA) is 136 Å². The molecule has 2 rings (SSSR count). The molecule has 0 spiro atoms. The highest BCUT2D eigenvalue weighted by Gasteiger charge is 2.53. The quantitative estimate of drug-likeness (QED) is 0.293. The number of hydrogen-bond donors (Lipinski definition) is 6. The molecule has 0 unspecified atom stereocenters. The molecule has 0 radical (unpaired) electrons. The maximum atomic E-state index is 10.4. The predicted octanol–water partition coefficient (Wildman–Crippen LogP) is -1.52. The molecule has 0 aromatic heterocycles. The SMILES string of the molecule is Nc1ccccc1S[C@@]1(O)O[C@@H](CO)[C@@H](O)[C@@H](O)[C@@H]1O. The van der Waals surface area contributed by atoms with Crippen LogP contribution in [0.15, 0.2) is 29.2 Å². The molecule has 1 heterocycles. The summed E-state index contributed by atoms with van der Waals surface area (Å²) in [7, 11) is 0. The van der Waals surface area contributed by atoms with Gasteiger partial charge in [0.05, 0.1) is 6.61 Å². The number of benzene rings is 1. The number of thioether (sulfide) groups is 1. The Kier molecular flexibility index (Phi) is 4.55. The largest absolute Gasteiger partial charge is 0.398 e. The average Bonchev–Trinajstić information content (AvgIpc) is 2.43. The molecule has 20 heavy (non-hydrogen) atoms. The Bertz CT molecular complexity index is 473. The molecule has 1 saturated heterocycles. The first-order valence-corrected chi connectivity index (χ1v) is 6.79. The van der Waals surface area contributed by atoms with Gasteiger partial charge in [-0.25, -0.2) is 0 Å². The summed E-state index contributed by atoms with van der Waals surface area (Å²) in [6, 6.07) is 6.61. The van der Waals surface area contributed by atoms with Crippen LogP contribution in [-0.4, -0.2) is 61.7 Å². The van der Waals surface area contributed by atoms with E-state index in [2.05, 4.69) is 0 Å². The maximum Gasteiger partial charge on any atom is 0.250 e. The summed E-state index contributed by atoms with van der Waals surface area (Å²) < 4.78 is 5.13. The molecule has 0 bridgehead atoms. The van der Waals surface area contributed by atoms with Gasteiger partial charge in [-0.15, -0.1) is 0 Å². The molecule has 7 N–H and O–H groups in total. The zero-order valence-electron chi connectivity index (χ0n) is 10.5. The van der Waals surface area contributed by atoms with Gasteiger partial charge < -0.3 is 36.0 Å². The van der Waals surface area contributed by atoms with E-state index in [1.807, 2.05) is 0 Å². The fourth-order valence-corrected chi connectivity index (χ4v) is 3.02. The van der Waals surface area contributed by atoms with Crippen LogP contribution in [0.4, 0.5) is 5.69 Å². The minimum Gasteiger partial charge on any atom is -0.398 e. The summed E-state index contributed by atoms with van der Waals surface area (Å²) in [5.41, 5.74) is 6.10. The minimum absolute atomic E-state index is 0.364. The van der Waals surface area contributed by atoms with Crippen molar-refractivity contribution < 1.29 is 30.3 Å². The molecular formula is C12H17NO6S. The van der Waals surface area contributed by atoms with E-state index in [0.29, 0.717) is 22.3 Å². The third kappa shape index (κ3) is 2.77. The van der Waals surface area contributed by atoms with Gasteiger partial charge in [-0.1, -0.05) is 23.9 Å². The van der Waals surface area contributed by atoms with Gasteiger partial charge in [0, 0.05) is 10.6 Å². The Balaban J connectivity index is 2.26. The molecule has 112 valence electrons. The molecule has 1 aliphatic rings. The van der Waals surface area contributed by atoms with Crippen LogP contribution < -0.4 is 5.73 Å². The predicted molar refractivity (Wildman–Crippen MR) is 71.6 cm³/mol. The lowest BCUT2D eigenvalue weighted by atomic mass is 9.99. The van der Waals surface area contributed by atoms with Crippen LogP contribution in [0.5, 0.6) is 0 Å². The number of nitrogens with two attached hydrogens (primary N) is 1. The molecule has 1 aliphatic heterocycles. The van der Waals surface area contributed by atoms with Crippen LogP contribution in [0.2, 0.25) is 0 Å². The Morgan fingerprint density at radius 1 is 1.20 bits per heavy atom. The number of rotatable bonds is 3. The first kappa shape index (κ1) is 15.5. The molecule has 5 atom stereocenters. The highest BCUT2D eigenvalue weighted by Crippen LogP contribution is 2.42. The molecule has 0 aliphatic carbocycles. The molecule has 1 aromatic carbocycles. The highest BCUT2D eigenvalue weighted by atomic mass is 32.2. The Hall–Kier alpha value is -0.870. The number of ether oxygens (including phenoxy) is 1. The van der Waals surface area contributed by atoms with Gasteiger partial charge in [0.2, 0.25) is 0 Å². The number of nitrogen functional groups attached to an aromatic ring is 1. The van der Waals surface area contributed by atoms with Crippen molar-refractivity contribution in [3.8, 4) is 0 Å². The third-order valence-electron chi connectivity index (χ3n) is 3.10. The van der Waals surface area contributed by atoms with Gasteiger partial charge >= 0.3 is 0 Å². The van der Waals surface area contributed by atoms with Crippen LogP contribution in [0.1, 0.15) is 0 Å². The van der Waals surface area contributed by atoms with E-state index in [1.54, 1.807) is 24.3 Å². The summed E-state index contributed by atoms with van der Waals surface area (Å²) >= 11 is 0.703. The summed E-state index contributed by atoms with van der Waals surface area (Å²) in [5, 5.41) is 46.5. The van der Waals surface area contributed by atoms with Crippen LogP contribution in [0, 0.1) is 0 Å². The van der Waals surface area contributed by atoms with E-state index in [9.17, 15) is 20.4 Å². The van der Waals surface area contributed by atoms with Crippen LogP contribution >= 0.6 is 11.8 Å². The fraction of sp³-hybridized carbons (Fsp3) is 0.500. The second-order valence-electron chi connectivity index (χ2n) is 4.54. The van der Waals surface area contributed by atoms with Crippen molar-refractivity contribution in [2.24, 2.45) is 0 Å². The average molecular weight is 303 g/mol. The molecule has 0 amide bonds. The van der Waals surface area contributed by atoms with Crippen molar-refractivity contribution in [3.63, 3.8) is 0 Å². The monoisotopic (exact) mass is 303 g/mol. The lowest BCUT2D eigenvalue weighted by Crippen LogP contribution is -2.63. The van der Waals surface area contributed by atoms with Gasteiger partial charge in [-0.3, -0.25) is 0 Å². The van der Waals surface area contributed by atoms with Gasteiger partial charge in [-0.05, 0) is 12.1 Å². The second kappa shape index (κ2) is 5.86. The number of para-hydroxylation sites is 1. The van der Waals surface area contributed by atoms with E-state index < -0.39 is 36.1 Å². The Morgan fingerprint density at radius 3 is 2.45 bits per heavy atom. The number of hydrogen-bond acceptors (Lipinski definition) is 8. The summed E-state index contributed by atoms with van der Waals surface area (Å²) in [4.78, 5) is 0.439. The van der Waals surface area contributed by atoms with Crippen molar-refractivity contribution in [1.82, 2.24) is 0 Å². The third-order valence-corrected chi connectivity index (χ3v) is 4.33. The maximum absolute atomic E-state index is 10.4. The van der Waals surface area contributed by atoms with Gasteiger partial charge in [0.1, 0.15) is 24.4 Å². The van der Waals surface area contributed by atoms with Crippen molar-refractivity contribution in [2.45, 2.75) is 34.4 Å². The van der Waals surface area contributed by atoms with Gasteiger partial charge in [0.15, 0.2) is 0 Å². The van der Waals surface area contributed by atoms with E-state index in [1.165, 1.54) is 0 Å². The van der Waals surface area contributed by atoms with Crippen molar-refractivity contribution in [2.75, 3.05) is 12.3 Å². The van der Waals surface area contributed by atoms with Crippen LogP contribution in [0.3, 0.4) is 0 Å². The van der Waals surface area contributed by atoms with E-state index in [0.717, 1.165) is 0 Å². The molecule has 8 heteroatoms. The van der Waals surface area contributed by atoms with Crippen LogP contribution in [0.25, 0.3) is 0 Å². The number of aliphatic hydroxyl groups excluding tert-OH is 4. The number of anilines is 1. The van der Waals surface area contributed by atoms with Gasteiger partial charge in [0.25, 0.3) is 5.12 Å². The van der Waals surface area contributed by atoms with Crippen molar-refractivity contribution >= 4 is 17.4 Å². The lowest BCUT2D eigenvalue weighted by Gasteiger charge is -2.44. The van der Waals surface area contributed by atoms with E-state index >= 15 is 0 Å². The molecule has 1 fully saturated rings. The smallest absolute Gasteiger partial charge is 0.250 e. The van der Waals surface area contributed by atoms with Crippen molar-refractivity contribution in [1.29, 1.82) is 0 Å². The summed E-state index contributed by atoms with van der Waals surface area (Å²) in [6.07, 6.45) is -6.12. The van der Waals surface area contributed by atoms with Crippen LogP contribution in [-0.2, 0) is 4.74 Å². The first-order valence-electron chi connectivity index (χ1n) is 5.98. The zero-order valence-corrected chi connectivity index (χ0v) is 11.3. The summed E-state index contributed by atoms with van der Waals surface area (Å²) in [6.45, 7) is -0.613. The minimum atomic E-state index is -2.22. The molecular weight excluding hydrogens is 286 g/mol. The first-order chi connectivity index (χ1) is 9.39. The lowest BCUT2D eigenvalue weighted by molar-refractivity contribution is -0.305. The highest BCUT2D eigenvalue weighted by molar-refractivity contribution is 8.00. The zero-order chi connectivity index (χ0) is 14.9. The number of aliphatic hydroxyl groups is 5. The van der Waals surface area contributed by atoms with Crippen molar-refractivity contribution in [3.05, 3.63) is 24.3 Å². The fourth-order valence-electron chi connectivity index (χ4n) is 1.94. The van der Waals surface area contributed by atoms with Gasteiger partial charge in [-0.2, -0.15) is 0 Å². The Labute approximate surface area is 119 Å². The molecule has 1 aromatic rings. The molecule has 0 saturated carbocycles. The molecule has 7 nitrogen and oxygen atoms in total.